The maximum atomic E-state index is 12.3. The molecular formula is C56H50N3OPtS+. The van der Waals surface area contributed by atoms with E-state index in [-0.39, 0.29) is 43.1 Å². The molecule has 0 spiro atoms. The molecule has 0 radical (unpaired) electrons. The number of benzene rings is 6. The number of para-hydroxylation sites is 1. The number of aromatic nitrogens is 3. The number of rotatable bonds is 3. The molecule has 10 aromatic rings. The van der Waals surface area contributed by atoms with E-state index in [2.05, 4.69) is 211 Å². The van der Waals surface area contributed by atoms with Crippen molar-refractivity contribution in [1.82, 2.24) is 9.38 Å². The number of fused-ring (bicyclic) bond motifs is 8. The third-order valence-corrected chi connectivity index (χ3v) is 13.4. The topological polar surface area (TPSA) is 41.4 Å². The summed E-state index contributed by atoms with van der Waals surface area (Å²) in [6, 6.07) is 49.7. The first-order chi connectivity index (χ1) is 29.1. The van der Waals surface area contributed by atoms with Gasteiger partial charge >= 0.3 is 21.1 Å². The fraction of sp³-hybridized carbons (Fsp3) is 0.214. The van der Waals surface area contributed by atoms with E-state index in [9.17, 15) is 5.11 Å². The fourth-order valence-electron chi connectivity index (χ4n) is 9.02. The van der Waals surface area contributed by atoms with Crippen molar-refractivity contribution in [2.45, 2.75) is 78.6 Å². The van der Waals surface area contributed by atoms with Gasteiger partial charge in [-0.1, -0.05) is 176 Å². The maximum Gasteiger partial charge on any atom is 2.00 e. The monoisotopic (exact) mass is 1010 g/mol. The number of aromatic hydroxyl groups is 1. The predicted octanol–water partition coefficient (Wildman–Crippen LogP) is 14.5. The van der Waals surface area contributed by atoms with Crippen molar-refractivity contribution in [1.29, 1.82) is 0 Å². The standard InChI is InChI=1S/C56H50N3OS.Pt/c1-54(2,3)36-30-45(56(7,8)9)53(60)49(31-36)58-33-59-48-28-34(46-27-35-29-50(61-51(35)32-57-46)43-21-14-15-23-44(43)55(4,5)6)25-26-41(48)39-19-12-10-17-37(39)38-18-11-13-20-40(38)42-22-16-24-47(58)52(42)59;/h10-27,29-32,60H,1-9H3;/q-1;+2. The van der Waals surface area contributed by atoms with Crippen LogP contribution in [0.25, 0.3) is 86.3 Å². The minimum Gasteiger partial charge on any atom is -0.511 e. The fourth-order valence-corrected chi connectivity index (χ4v) is 10.1. The van der Waals surface area contributed by atoms with E-state index in [4.69, 9.17) is 4.98 Å². The third kappa shape index (κ3) is 6.95. The van der Waals surface area contributed by atoms with Crippen molar-refractivity contribution in [2.75, 3.05) is 0 Å². The van der Waals surface area contributed by atoms with Gasteiger partial charge in [0.1, 0.15) is 11.4 Å². The van der Waals surface area contributed by atoms with E-state index >= 15 is 0 Å². The van der Waals surface area contributed by atoms with Gasteiger partial charge < -0.3 is 14.5 Å². The molecule has 0 saturated carbocycles. The summed E-state index contributed by atoms with van der Waals surface area (Å²) in [5.74, 6) is 0.264. The summed E-state index contributed by atoms with van der Waals surface area (Å²) >= 11 is 1.79. The molecule has 0 unspecified atom stereocenters. The van der Waals surface area contributed by atoms with Crippen LogP contribution in [0.5, 0.6) is 5.75 Å². The van der Waals surface area contributed by atoms with E-state index in [1.54, 1.807) is 11.3 Å². The second-order valence-electron chi connectivity index (χ2n) is 19.6. The van der Waals surface area contributed by atoms with E-state index in [1.165, 1.54) is 16.0 Å². The van der Waals surface area contributed by atoms with Crippen LogP contribution in [-0.4, -0.2) is 14.5 Å². The number of hydrogen-bond acceptors (Lipinski definition) is 3. The average Bonchev–Trinajstić information content (AvgIpc) is 3.85. The van der Waals surface area contributed by atoms with Gasteiger partial charge in [0.05, 0.1) is 15.7 Å². The molecule has 62 heavy (non-hydrogen) atoms. The van der Waals surface area contributed by atoms with Gasteiger partial charge in [0.15, 0.2) is 0 Å². The van der Waals surface area contributed by atoms with Gasteiger partial charge in [-0.2, -0.15) is 0 Å². The number of imidazole rings is 1. The van der Waals surface area contributed by atoms with Crippen LogP contribution >= 0.6 is 11.3 Å². The Labute approximate surface area is 382 Å². The minimum absolute atomic E-state index is 0. The number of phenolic OH excluding ortho intramolecular Hbond substituents is 1. The zero-order chi connectivity index (χ0) is 42.6. The molecule has 0 saturated heterocycles. The Morgan fingerprint density at radius 1 is 0.613 bits per heavy atom. The molecule has 0 atom stereocenters. The Morgan fingerprint density at radius 2 is 1.23 bits per heavy atom. The van der Waals surface area contributed by atoms with Crippen LogP contribution < -0.4 is 4.57 Å². The van der Waals surface area contributed by atoms with Crippen LogP contribution in [-0.2, 0) is 37.3 Å². The molecule has 4 nitrogen and oxygen atoms in total. The Kier molecular flexibility index (Phi) is 10.1. The van der Waals surface area contributed by atoms with Gasteiger partial charge in [0, 0.05) is 11.1 Å². The molecule has 4 heterocycles. The first kappa shape index (κ1) is 41.7. The molecule has 0 aliphatic rings. The Hall–Kier alpha value is -5.61. The van der Waals surface area contributed by atoms with E-state index in [1.807, 2.05) is 6.20 Å². The number of nitrogens with zero attached hydrogens (tertiary/aromatic N) is 3. The Balaban J connectivity index is 0.00000490. The average molecular weight is 1010 g/mol. The van der Waals surface area contributed by atoms with Crippen LogP contribution in [0.4, 0.5) is 0 Å². The molecule has 10 rings (SSSR count). The van der Waals surface area contributed by atoms with Gasteiger partial charge in [0.2, 0.25) is 0 Å². The van der Waals surface area contributed by atoms with E-state index in [0.717, 1.165) is 81.3 Å². The van der Waals surface area contributed by atoms with Gasteiger partial charge in [-0.05, 0) is 88.8 Å². The van der Waals surface area contributed by atoms with Crippen LogP contribution in [0.15, 0.2) is 134 Å². The molecular weight excluding hydrogens is 958 g/mol. The number of thiophene rings is 1. The summed E-state index contributed by atoms with van der Waals surface area (Å²) in [5, 5.41) is 20.1. The van der Waals surface area contributed by atoms with Gasteiger partial charge in [-0.3, -0.25) is 4.57 Å². The first-order valence-electron chi connectivity index (χ1n) is 21.2. The van der Waals surface area contributed by atoms with Crippen LogP contribution in [0.1, 0.15) is 79.0 Å². The number of hydrogen-bond donors (Lipinski definition) is 1. The molecule has 6 heteroatoms. The number of pyridine rings is 1. The normalized spacial score (nSPS) is 12.5. The van der Waals surface area contributed by atoms with Crippen molar-refractivity contribution >= 4 is 70.3 Å². The summed E-state index contributed by atoms with van der Waals surface area (Å²) in [6.45, 7) is 20.0. The molecule has 0 amide bonds. The van der Waals surface area contributed by atoms with E-state index in [0.29, 0.717) is 5.69 Å². The number of phenols is 1. The van der Waals surface area contributed by atoms with Gasteiger partial charge in [-0.15, -0.1) is 35.1 Å². The molecule has 1 N–H and O–H groups in total. The first-order valence-corrected chi connectivity index (χ1v) is 22.0. The maximum absolute atomic E-state index is 12.3. The van der Waals surface area contributed by atoms with Crippen LogP contribution in [0.3, 0.4) is 0 Å². The second kappa shape index (κ2) is 15.0. The van der Waals surface area contributed by atoms with Crippen molar-refractivity contribution in [3.8, 4) is 33.1 Å². The Bertz CT molecular complexity index is 3450. The summed E-state index contributed by atoms with van der Waals surface area (Å²) in [7, 11) is 0. The zero-order valence-electron chi connectivity index (χ0n) is 36.7. The molecule has 4 aromatic heterocycles. The molecule has 0 bridgehead atoms. The second-order valence-corrected chi connectivity index (χ2v) is 20.7. The molecule has 310 valence electrons. The summed E-state index contributed by atoms with van der Waals surface area (Å²) in [4.78, 5) is 6.33. The van der Waals surface area contributed by atoms with Crippen molar-refractivity contribution < 1.29 is 30.7 Å². The Morgan fingerprint density at radius 3 is 1.89 bits per heavy atom. The zero-order valence-corrected chi connectivity index (χ0v) is 39.8. The molecule has 0 aliphatic carbocycles. The van der Waals surface area contributed by atoms with E-state index < -0.39 is 0 Å². The summed E-state index contributed by atoms with van der Waals surface area (Å²) < 4.78 is 5.39. The SMILES string of the molecule is CC(C)(C)c1cc(-[n+]2[c-]n3c4[c-]c(-c5cc6cc(-c7ccccc7C(C)(C)C)sc6cn5)ccc4c4ccccc4c4ccccc4c4cccc2c43)c(O)c(C(C)(C)C)c1.[Pt+2]. The van der Waals surface area contributed by atoms with Gasteiger partial charge in [-0.25, -0.2) is 0 Å². The van der Waals surface area contributed by atoms with Crippen LogP contribution in [0, 0.1) is 12.4 Å². The van der Waals surface area contributed by atoms with Gasteiger partial charge in [0.25, 0.3) is 6.33 Å². The summed E-state index contributed by atoms with van der Waals surface area (Å²) in [5.41, 5.74) is 9.47. The van der Waals surface area contributed by atoms with Crippen molar-refractivity contribution in [2.24, 2.45) is 0 Å². The predicted molar refractivity (Wildman–Crippen MR) is 257 cm³/mol. The minimum atomic E-state index is -0.295. The smallest absolute Gasteiger partial charge is 0.511 e. The summed E-state index contributed by atoms with van der Waals surface area (Å²) in [6.07, 6.45) is 5.84. The van der Waals surface area contributed by atoms with Crippen molar-refractivity contribution in [3.63, 3.8) is 0 Å². The third-order valence-electron chi connectivity index (χ3n) is 12.2. The largest absolute Gasteiger partial charge is 2.00 e. The molecule has 0 fully saturated rings. The quantitative estimate of drug-likeness (QED) is 0.142. The molecule has 6 aromatic carbocycles. The molecule has 0 aliphatic heterocycles. The van der Waals surface area contributed by atoms with Crippen LogP contribution in [0.2, 0.25) is 0 Å². The van der Waals surface area contributed by atoms with Crippen molar-refractivity contribution in [3.05, 3.63) is 163 Å².